The number of hydrazone groups is 1. The fourth-order valence-corrected chi connectivity index (χ4v) is 4.08. The number of carbonyl (C=O) groups is 1. The Bertz CT molecular complexity index is 1050. The van der Waals surface area contributed by atoms with Gasteiger partial charge in [-0.15, -0.1) is 11.3 Å². The summed E-state index contributed by atoms with van der Waals surface area (Å²) >= 11 is 5.02. The van der Waals surface area contributed by atoms with Crippen LogP contribution in [0.3, 0.4) is 0 Å². The number of nitrogens with zero attached hydrogens (tertiary/aromatic N) is 3. The minimum absolute atomic E-state index is 0.0507. The van der Waals surface area contributed by atoms with Crippen molar-refractivity contribution < 1.29 is 9.72 Å². The number of thiophene rings is 1. The van der Waals surface area contributed by atoms with Crippen LogP contribution in [0.5, 0.6) is 0 Å². The molecule has 0 radical (unpaired) electrons. The molecule has 0 bridgehead atoms. The zero-order valence-electron chi connectivity index (χ0n) is 14.5. The van der Waals surface area contributed by atoms with E-state index in [0.29, 0.717) is 12.0 Å². The molecule has 2 heterocycles. The number of nitro groups is 1. The van der Waals surface area contributed by atoms with E-state index in [1.165, 1.54) is 29.3 Å². The number of carbonyl (C=O) groups excluding carboxylic acids is 1. The van der Waals surface area contributed by atoms with E-state index in [1.54, 1.807) is 11.3 Å². The predicted octanol–water partition coefficient (Wildman–Crippen LogP) is 5.41. The number of amides is 1. The summed E-state index contributed by atoms with van der Waals surface area (Å²) in [5.41, 5.74) is 2.15. The van der Waals surface area contributed by atoms with E-state index in [2.05, 4.69) is 21.0 Å². The van der Waals surface area contributed by atoms with Gasteiger partial charge in [0.05, 0.1) is 21.6 Å². The Balaban J connectivity index is 1.69. The van der Waals surface area contributed by atoms with Gasteiger partial charge in [-0.05, 0) is 41.3 Å². The Morgan fingerprint density at radius 2 is 1.86 bits per heavy atom. The Morgan fingerprint density at radius 1 is 1.14 bits per heavy atom. The van der Waals surface area contributed by atoms with Crippen LogP contribution in [0.2, 0.25) is 0 Å². The number of benzene rings is 2. The number of rotatable bonds is 4. The van der Waals surface area contributed by atoms with Gasteiger partial charge in [-0.25, -0.2) is 5.01 Å². The van der Waals surface area contributed by atoms with Gasteiger partial charge in [0, 0.05) is 28.6 Å². The maximum atomic E-state index is 13.1. The lowest BCUT2D eigenvalue weighted by molar-refractivity contribution is -0.384. The standard InChI is InChI=1S/C20H14BrN3O3S/c21-15-7-3-13(4-8-15)18-12-17(19-2-1-11-28-19)22-23(18)20(25)14-5-9-16(10-6-14)24(26)27/h1-11,18H,12H2. The maximum absolute atomic E-state index is 13.1. The van der Waals surface area contributed by atoms with Crippen molar-refractivity contribution in [3.05, 3.63) is 96.6 Å². The molecule has 0 saturated carbocycles. The zero-order chi connectivity index (χ0) is 19.7. The maximum Gasteiger partial charge on any atom is 0.274 e. The highest BCUT2D eigenvalue weighted by Crippen LogP contribution is 2.35. The minimum atomic E-state index is -0.484. The quantitative estimate of drug-likeness (QED) is 0.389. The highest BCUT2D eigenvalue weighted by Gasteiger charge is 2.34. The monoisotopic (exact) mass is 455 g/mol. The molecule has 1 amide bonds. The van der Waals surface area contributed by atoms with Crippen molar-refractivity contribution in [1.29, 1.82) is 0 Å². The van der Waals surface area contributed by atoms with Crippen molar-refractivity contribution >= 4 is 44.6 Å². The van der Waals surface area contributed by atoms with E-state index in [1.807, 2.05) is 41.8 Å². The van der Waals surface area contributed by atoms with Crippen molar-refractivity contribution in [2.24, 2.45) is 5.10 Å². The second-order valence-corrected chi connectivity index (χ2v) is 8.11. The van der Waals surface area contributed by atoms with Gasteiger partial charge < -0.3 is 0 Å². The van der Waals surface area contributed by atoms with E-state index in [4.69, 9.17) is 0 Å². The molecule has 0 N–H and O–H groups in total. The molecule has 8 heteroatoms. The fourth-order valence-electron chi connectivity index (χ4n) is 3.09. The summed E-state index contributed by atoms with van der Waals surface area (Å²) in [5, 5.41) is 18.9. The third kappa shape index (κ3) is 3.61. The molecule has 3 aromatic rings. The summed E-state index contributed by atoms with van der Waals surface area (Å²) in [6.07, 6.45) is 0.612. The van der Waals surface area contributed by atoms with Crippen LogP contribution in [0.1, 0.15) is 33.3 Å². The Kier molecular flexibility index (Phi) is 5.06. The molecule has 0 aliphatic carbocycles. The van der Waals surface area contributed by atoms with E-state index in [-0.39, 0.29) is 17.6 Å². The average Bonchev–Trinajstić information content (AvgIpc) is 3.38. The Labute approximate surface area is 173 Å². The number of halogens is 1. The average molecular weight is 456 g/mol. The highest BCUT2D eigenvalue weighted by atomic mass is 79.9. The molecule has 6 nitrogen and oxygen atoms in total. The minimum Gasteiger partial charge on any atom is -0.267 e. The van der Waals surface area contributed by atoms with E-state index in [9.17, 15) is 14.9 Å². The van der Waals surface area contributed by atoms with Crippen LogP contribution in [0, 0.1) is 10.1 Å². The van der Waals surface area contributed by atoms with Gasteiger partial charge in [-0.3, -0.25) is 14.9 Å². The summed E-state index contributed by atoms with van der Waals surface area (Å²) in [6, 6.07) is 17.1. The van der Waals surface area contributed by atoms with Gasteiger partial charge in [0.25, 0.3) is 11.6 Å². The molecule has 1 unspecified atom stereocenters. The van der Waals surface area contributed by atoms with Crippen molar-refractivity contribution in [3.63, 3.8) is 0 Å². The SMILES string of the molecule is O=C(c1ccc([N+](=O)[O-])cc1)N1N=C(c2cccs2)CC1c1ccc(Br)cc1. The second-order valence-electron chi connectivity index (χ2n) is 6.25. The van der Waals surface area contributed by atoms with E-state index >= 15 is 0 Å². The summed E-state index contributed by atoms with van der Waals surface area (Å²) < 4.78 is 0.960. The third-order valence-corrected chi connectivity index (χ3v) is 5.95. The molecule has 0 fully saturated rings. The summed E-state index contributed by atoms with van der Waals surface area (Å²) in [4.78, 5) is 24.5. The predicted molar refractivity (Wildman–Crippen MR) is 112 cm³/mol. The lowest BCUT2D eigenvalue weighted by Crippen LogP contribution is -2.27. The molecule has 0 spiro atoms. The summed E-state index contributed by atoms with van der Waals surface area (Å²) in [7, 11) is 0. The fraction of sp³-hybridized carbons (Fsp3) is 0.100. The first-order chi connectivity index (χ1) is 13.5. The lowest BCUT2D eigenvalue weighted by atomic mass is 10.0. The highest BCUT2D eigenvalue weighted by molar-refractivity contribution is 9.10. The first-order valence-electron chi connectivity index (χ1n) is 8.48. The van der Waals surface area contributed by atoms with Crippen LogP contribution in [-0.4, -0.2) is 21.6 Å². The summed E-state index contributed by atoms with van der Waals surface area (Å²) in [6.45, 7) is 0. The van der Waals surface area contributed by atoms with Crippen LogP contribution in [-0.2, 0) is 0 Å². The normalized spacial score (nSPS) is 16.1. The molecule has 1 aliphatic heterocycles. The van der Waals surface area contributed by atoms with E-state index < -0.39 is 4.92 Å². The molecule has 1 atom stereocenters. The zero-order valence-corrected chi connectivity index (χ0v) is 16.9. The van der Waals surface area contributed by atoms with Gasteiger partial charge >= 0.3 is 0 Å². The van der Waals surface area contributed by atoms with Gasteiger partial charge in [-0.1, -0.05) is 34.1 Å². The third-order valence-electron chi connectivity index (χ3n) is 4.50. The van der Waals surface area contributed by atoms with Crippen LogP contribution in [0.4, 0.5) is 5.69 Å². The first kappa shape index (κ1) is 18.5. The van der Waals surface area contributed by atoms with Gasteiger partial charge in [0.1, 0.15) is 0 Å². The van der Waals surface area contributed by atoms with Crippen molar-refractivity contribution in [1.82, 2.24) is 5.01 Å². The largest absolute Gasteiger partial charge is 0.274 e. The van der Waals surface area contributed by atoms with Gasteiger partial charge in [0.15, 0.2) is 0 Å². The Morgan fingerprint density at radius 3 is 2.46 bits per heavy atom. The lowest BCUT2D eigenvalue weighted by Gasteiger charge is -2.22. The van der Waals surface area contributed by atoms with Crippen molar-refractivity contribution in [3.8, 4) is 0 Å². The first-order valence-corrected chi connectivity index (χ1v) is 10.1. The molecular weight excluding hydrogens is 442 g/mol. The smallest absolute Gasteiger partial charge is 0.267 e. The van der Waals surface area contributed by atoms with Crippen LogP contribution in [0.15, 0.2) is 75.6 Å². The molecule has 4 rings (SSSR count). The molecule has 28 heavy (non-hydrogen) atoms. The van der Waals surface area contributed by atoms with Crippen molar-refractivity contribution in [2.45, 2.75) is 12.5 Å². The molecular formula is C20H14BrN3O3S. The topological polar surface area (TPSA) is 75.8 Å². The van der Waals surface area contributed by atoms with Crippen LogP contribution >= 0.6 is 27.3 Å². The Hall–Kier alpha value is -2.84. The number of non-ortho nitro benzene ring substituents is 1. The van der Waals surface area contributed by atoms with Crippen molar-refractivity contribution in [2.75, 3.05) is 0 Å². The number of nitro benzene ring substituents is 1. The molecule has 0 saturated heterocycles. The van der Waals surface area contributed by atoms with Gasteiger partial charge in [-0.2, -0.15) is 5.10 Å². The molecule has 2 aromatic carbocycles. The summed E-state index contributed by atoms with van der Waals surface area (Å²) in [5.74, 6) is -0.283. The van der Waals surface area contributed by atoms with Gasteiger partial charge in [0.2, 0.25) is 0 Å². The molecule has 1 aromatic heterocycles. The molecule has 140 valence electrons. The molecule has 1 aliphatic rings. The number of hydrogen-bond donors (Lipinski definition) is 0. The van der Waals surface area contributed by atoms with E-state index in [0.717, 1.165) is 20.6 Å². The van der Waals surface area contributed by atoms with Crippen LogP contribution in [0.25, 0.3) is 0 Å². The second kappa shape index (κ2) is 7.65. The van der Waals surface area contributed by atoms with Crippen LogP contribution < -0.4 is 0 Å². The number of hydrogen-bond acceptors (Lipinski definition) is 5.